The van der Waals surface area contributed by atoms with Crippen LogP contribution >= 0.6 is 15.9 Å². The van der Waals surface area contributed by atoms with E-state index in [1.165, 1.54) is 0 Å². The van der Waals surface area contributed by atoms with Crippen LogP contribution in [0.25, 0.3) is 0 Å². The maximum Gasteiger partial charge on any atom is 0.242 e. The number of aromatic nitrogens is 1. The molecule has 0 aromatic carbocycles. The zero-order valence-corrected chi connectivity index (χ0v) is 11.9. The van der Waals surface area contributed by atoms with Crippen LogP contribution in [0.4, 0.5) is 5.82 Å². The van der Waals surface area contributed by atoms with Crippen molar-refractivity contribution in [1.29, 1.82) is 0 Å². The molecule has 0 saturated heterocycles. The lowest BCUT2D eigenvalue weighted by Gasteiger charge is -2.17. The van der Waals surface area contributed by atoms with Gasteiger partial charge in [0.15, 0.2) is 0 Å². The second-order valence-electron chi connectivity index (χ2n) is 4.16. The van der Waals surface area contributed by atoms with E-state index in [1.807, 2.05) is 26.8 Å². The summed E-state index contributed by atoms with van der Waals surface area (Å²) in [5.41, 5.74) is 6.67. The molecule has 0 radical (unpaired) electrons. The number of hydrogen-bond acceptors (Lipinski definition) is 3. The van der Waals surface area contributed by atoms with Crippen LogP contribution in [0.5, 0.6) is 0 Å². The van der Waals surface area contributed by atoms with Crippen LogP contribution in [0.2, 0.25) is 0 Å². The average Bonchev–Trinajstić information content (AvgIpc) is 2.31. The Morgan fingerprint density at radius 3 is 2.76 bits per heavy atom. The van der Waals surface area contributed by atoms with Gasteiger partial charge < -0.3 is 11.1 Å². The molecule has 1 amide bonds. The third kappa shape index (κ3) is 3.78. The fraction of sp³-hybridized carbons (Fsp3) is 0.500. The lowest BCUT2D eigenvalue weighted by molar-refractivity contribution is -0.118. The maximum absolute atomic E-state index is 11.8. The van der Waals surface area contributed by atoms with Gasteiger partial charge in [-0.05, 0) is 40.9 Å². The van der Waals surface area contributed by atoms with Crippen LogP contribution < -0.4 is 11.1 Å². The van der Waals surface area contributed by atoms with Crippen molar-refractivity contribution in [3.8, 4) is 0 Å². The highest BCUT2D eigenvalue weighted by Gasteiger charge is 2.19. The molecule has 0 saturated carbocycles. The van der Waals surface area contributed by atoms with Gasteiger partial charge >= 0.3 is 0 Å². The highest BCUT2D eigenvalue weighted by atomic mass is 79.9. The topological polar surface area (TPSA) is 68.0 Å². The van der Waals surface area contributed by atoms with Gasteiger partial charge in [0.2, 0.25) is 5.91 Å². The van der Waals surface area contributed by atoms with E-state index in [4.69, 9.17) is 5.73 Å². The van der Waals surface area contributed by atoms with Gasteiger partial charge in [-0.25, -0.2) is 4.98 Å². The maximum atomic E-state index is 11.8. The van der Waals surface area contributed by atoms with E-state index in [2.05, 4.69) is 26.2 Å². The number of halogens is 1. The number of carbonyl (C=O) groups excluding carboxylic acids is 1. The number of aryl methyl sites for hydroxylation is 1. The van der Waals surface area contributed by atoms with Gasteiger partial charge in [-0.1, -0.05) is 20.3 Å². The van der Waals surface area contributed by atoms with Crippen molar-refractivity contribution in [3.05, 3.63) is 22.3 Å². The van der Waals surface area contributed by atoms with Gasteiger partial charge in [-0.2, -0.15) is 0 Å². The molecule has 3 N–H and O–H groups in total. The van der Waals surface area contributed by atoms with Crippen molar-refractivity contribution >= 4 is 27.7 Å². The molecule has 5 heteroatoms. The number of rotatable bonds is 4. The summed E-state index contributed by atoms with van der Waals surface area (Å²) in [5, 5.41) is 2.73. The van der Waals surface area contributed by atoms with Gasteiger partial charge in [0.05, 0.1) is 11.7 Å². The molecule has 1 rings (SSSR count). The minimum atomic E-state index is -0.495. The van der Waals surface area contributed by atoms with Crippen LogP contribution in [-0.2, 0) is 4.79 Å². The van der Waals surface area contributed by atoms with Crippen molar-refractivity contribution in [1.82, 2.24) is 4.98 Å². The number of pyridine rings is 1. The van der Waals surface area contributed by atoms with E-state index in [9.17, 15) is 4.79 Å². The van der Waals surface area contributed by atoms with E-state index in [1.54, 1.807) is 6.07 Å². The molecule has 0 aliphatic heterocycles. The van der Waals surface area contributed by atoms with Crippen molar-refractivity contribution in [2.24, 2.45) is 11.7 Å². The van der Waals surface area contributed by atoms with Gasteiger partial charge in [0, 0.05) is 4.47 Å². The Balaban J connectivity index is 2.71. The third-order valence-corrected chi connectivity index (χ3v) is 3.67. The molecule has 0 fully saturated rings. The summed E-state index contributed by atoms with van der Waals surface area (Å²) in [6, 6.07) is 3.11. The molecular formula is C12H18BrN3O. The lowest BCUT2D eigenvalue weighted by atomic mass is 9.99. The Bertz CT molecular complexity index is 409. The molecule has 0 unspecified atom stereocenters. The van der Waals surface area contributed by atoms with Crippen molar-refractivity contribution < 1.29 is 4.79 Å². The highest BCUT2D eigenvalue weighted by molar-refractivity contribution is 9.10. The quantitative estimate of drug-likeness (QED) is 0.897. The van der Waals surface area contributed by atoms with Crippen LogP contribution in [0.1, 0.15) is 26.0 Å². The van der Waals surface area contributed by atoms with E-state index < -0.39 is 6.04 Å². The fourth-order valence-corrected chi connectivity index (χ4v) is 1.56. The van der Waals surface area contributed by atoms with Crippen LogP contribution in [0.15, 0.2) is 16.6 Å². The summed E-state index contributed by atoms with van der Waals surface area (Å²) in [6.07, 6.45) is 0.876. The number of amides is 1. The number of hydrogen-bond donors (Lipinski definition) is 2. The monoisotopic (exact) mass is 299 g/mol. The van der Waals surface area contributed by atoms with Crippen LogP contribution in [0, 0.1) is 12.8 Å². The van der Waals surface area contributed by atoms with Crippen LogP contribution in [-0.4, -0.2) is 16.9 Å². The Hall–Kier alpha value is -0.940. The molecule has 1 aromatic heterocycles. The van der Waals surface area contributed by atoms with E-state index in [0.717, 1.165) is 16.6 Å². The number of nitrogens with zero attached hydrogens (tertiary/aromatic N) is 1. The van der Waals surface area contributed by atoms with Gasteiger partial charge in [-0.15, -0.1) is 0 Å². The summed E-state index contributed by atoms with van der Waals surface area (Å²) in [6.45, 7) is 5.85. The Morgan fingerprint density at radius 1 is 1.59 bits per heavy atom. The van der Waals surface area contributed by atoms with E-state index in [-0.39, 0.29) is 11.8 Å². The molecule has 0 bridgehead atoms. The van der Waals surface area contributed by atoms with Gasteiger partial charge in [0.1, 0.15) is 5.82 Å². The smallest absolute Gasteiger partial charge is 0.242 e. The minimum absolute atomic E-state index is 0.159. The summed E-state index contributed by atoms with van der Waals surface area (Å²) in [7, 11) is 0. The second-order valence-corrected chi connectivity index (χ2v) is 5.02. The molecule has 2 atom stereocenters. The molecular weight excluding hydrogens is 282 g/mol. The number of nitrogens with two attached hydrogens (primary N) is 1. The largest absolute Gasteiger partial charge is 0.320 e. The first kappa shape index (κ1) is 14.1. The molecule has 0 aliphatic carbocycles. The predicted octanol–water partition coefficient (Wildman–Crippen LogP) is 2.46. The Morgan fingerprint density at radius 2 is 2.24 bits per heavy atom. The molecule has 0 aliphatic rings. The van der Waals surface area contributed by atoms with Crippen molar-refractivity contribution in [2.45, 2.75) is 33.2 Å². The third-order valence-electron chi connectivity index (χ3n) is 2.83. The normalized spacial score (nSPS) is 14.2. The first-order valence-electron chi connectivity index (χ1n) is 5.65. The molecule has 17 heavy (non-hydrogen) atoms. The van der Waals surface area contributed by atoms with Crippen molar-refractivity contribution in [3.63, 3.8) is 0 Å². The van der Waals surface area contributed by atoms with Gasteiger partial charge in [-0.3, -0.25) is 4.79 Å². The van der Waals surface area contributed by atoms with Gasteiger partial charge in [0.25, 0.3) is 0 Å². The number of nitrogens with one attached hydrogen (secondary N) is 1. The fourth-order valence-electron chi connectivity index (χ4n) is 1.34. The van der Waals surface area contributed by atoms with Crippen molar-refractivity contribution in [2.75, 3.05) is 5.32 Å². The average molecular weight is 300 g/mol. The minimum Gasteiger partial charge on any atom is -0.320 e. The molecule has 1 aromatic rings. The summed E-state index contributed by atoms with van der Waals surface area (Å²) in [4.78, 5) is 16.1. The molecule has 94 valence electrons. The molecule has 1 heterocycles. The SMILES string of the molecule is CC[C@H](C)[C@H](N)C(=O)Nc1ccc(Br)c(C)n1. The van der Waals surface area contributed by atoms with Crippen LogP contribution in [0.3, 0.4) is 0 Å². The van der Waals surface area contributed by atoms with E-state index in [0.29, 0.717) is 5.82 Å². The zero-order valence-electron chi connectivity index (χ0n) is 10.3. The highest BCUT2D eigenvalue weighted by Crippen LogP contribution is 2.16. The summed E-state index contributed by atoms with van der Waals surface area (Å²) in [5.74, 6) is 0.509. The first-order chi connectivity index (χ1) is 7.95. The number of carbonyl (C=O) groups is 1. The Labute approximate surface area is 110 Å². The summed E-state index contributed by atoms with van der Waals surface area (Å²) >= 11 is 3.36. The Kier molecular flexibility index (Phi) is 5.08. The number of anilines is 1. The second kappa shape index (κ2) is 6.12. The lowest BCUT2D eigenvalue weighted by Crippen LogP contribution is -2.40. The molecule has 0 spiro atoms. The first-order valence-corrected chi connectivity index (χ1v) is 6.44. The predicted molar refractivity (Wildman–Crippen MR) is 72.7 cm³/mol. The zero-order chi connectivity index (χ0) is 13.0. The summed E-state index contributed by atoms with van der Waals surface area (Å²) < 4.78 is 0.918. The van der Waals surface area contributed by atoms with E-state index >= 15 is 0 Å². The standard InChI is InChI=1S/C12H18BrN3O/c1-4-7(2)11(14)12(17)16-10-6-5-9(13)8(3)15-10/h5-7,11H,4,14H2,1-3H3,(H,15,16,17)/t7-,11-/m0/s1. The molecule has 4 nitrogen and oxygen atoms in total.